The maximum absolute atomic E-state index is 11.4. The van der Waals surface area contributed by atoms with E-state index in [4.69, 9.17) is 4.74 Å². The van der Waals surface area contributed by atoms with Gasteiger partial charge in [-0.15, -0.1) is 0 Å². The van der Waals surface area contributed by atoms with Crippen molar-refractivity contribution >= 4 is 17.9 Å². The molecule has 1 N–H and O–H groups in total. The van der Waals surface area contributed by atoms with E-state index in [2.05, 4.69) is 11.6 Å². The number of amides is 1. The van der Waals surface area contributed by atoms with Crippen LogP contribution in [0.1, 0.15) is 19.3 Å². The summed E-state index contributed by atoms with van der Waals surface area (Å²) in [6.45, 7) is 0.681. The number of benzene rings is 1. The van der Waals surface area contributed by atoms with Crippen LogP contribution in [0.2, 0.25) is 0 Å². The second-order valence-electron chi connectivity index (χ2n) is 3.68. The first-order chi connectivity index (χ1) is 8.33. The molecule has 1 aromatic rings. The molecule has 3 nitrogen and oxygen atoms in total. The summed E-state index contributed by atoms with van der Waals surface area (Å²) < 4.78 is 5.09. The number of para-hydroxylation sites is 1. The van der Waals surface area contributed by atoms with Gasteiger partial charge >= 0.3 is 6.09 Å². The molecule has 1 aromatic carbocycles. The zero-order valence-corrected chi connectivity index (χ0v) is 11.0. The lowest BCUT2D eigenvalue weighted by Crippen LogP contribution is -2.27. The molecule has 0 aliphatic heterocycles. The van der Waals surface area contributed by atoms with Crippen LogP contribution in [0.15, 0.2) is 30.3 Å². The number of carbonyl (C=O) groups is 1. The molecule has 0 heterocycles. The van der Waals surface area contributed by atoms with Crippen LogP contribution in [0.25, 0.3) is 0 Å². The lowest BCUT2D eigenvalue weighted by Gasteiger charge is -2.06. The van der Waals surface area contributed by atoms with Gasteiger partial charge in [0, 0.05) is 6.54 Å². The van der Waals surface area contributed by atoms with E-state index in [1.165, 1.54) is 12.2 Å². The number of hydrogen-bond acceptors (Lipinski definition) is 3. The lowest BCUT2D eigenvalue weighted by atomic mass is 10.2. The highest BCUT2D eigenvalue weighted by Crippen LogP contribution is 2.08. The summed E-state index contributed by atoms with van der Waals surface area (Å²) in [5.74, 6) is 1.77. The van der Waals surface area contributed by atoms with Gasteiger partial charge in [-0.3, -0.25) is 0 Å². The van der Waals surface area contributed by atoms with Crippen molar-refractivity contribution in [3.63, 3.8) is 0 Å². The van der Waals surface area contributed by atoms with E-state index in [1.54, 1.807) is 12.1 Å². The Morgan fingerprint density at radius 1 is 1.24 bits per heavy atom. The maximum atomic E-state index is 11.4. The quantitative estimate of drug-likeness (QED) is 0.758. The molecule has 0 radical (unpaired) electrons. The maximum Gasteiger partial charge on any atom is 0.412 e. The fourth-order valence-electron chi connectivity index (χ4n) is 1.37. The molecule has 94 valence electrons. The molecular formula is C13H19NO2S. The van der Waals surface area contributed by atoms with Crippen LogP contribution in [-0.4, -0.2) is 24.6 Å². The largest absolute Gasteiger partial charge is 0.412 e. The molecule has 0 atom stereocenters. The third kappa shape index (κ3) is 6.89. The molecule has 1 amide bonds. The van der Waals surface area contributed by atoms with Gasteiger partial charge in [0.25, 0.3) is 0 Å². The monoisotopic (exact) mass is 253 g/mol. The van der Waals surface area contributed by atoms with Gasteiger partial charge in [-0.05, 0) is 37.0 Å². The van der Waals surface area contributed by atoms with E-state index in [0.717, 1.165) is 12.8 Å². The Balaban J connectivity index is 2.06. The topological polar surface area (TPSA) is 38.3 Å². The molecule has 0 bridgehead atoms. The van der Waals surface area contributed by atoms with Crippen LogP contribution in [0.4, 0.5) is 4.79 Å². The number of thioether (sulfide) groups is 1. The van der Waals surface area contributed by atoms with Crippen LogP contribution in [0.3, 0.4) is 0 Å². The zero-order valence-electron chi connectivity index (χ0n) is 10.1. The summed E-state index contributed by atoms with van der Waals surface area (Å²) >= 11 is 1.86. The predicted molar refractivity (Wildman–Crippen MR) is 72.7 cm³/mol. The van der Waals surface area contributed by atoms with Crippen molar-refractivity contribution in [3.8, 4) is 5.75 Å². The Labute approximate surface area is 107 Å². The highest BCUT2D eigenvalue weighted by atomic mass is 32.2. The number of unbranched alkanes of at least 4 members (excludes halogenated alkanes) is 2. The molecule has 17 heavy (non-hydrogen) atoms. The van der Waals surface area contributed by atoms with Crippen LogP contribution >= 0.6 is 11.8 Å². The molecule has 0 aromatic heterocycles. The van der Waals surface area contributed by atoms with Crippen LogP contribution in [-0.2, 0) is 0 Å². The van der Waals surface area contributed by atoms with Gasteiger partial charge in [0.1, 0.15) is 5.75 Å². The number of carbonyl (C=O) groups excluding carboxylic acids is 1. The van der Waals surface area contributed by atoms with Crippen molar-refractivity contribution < 1.29 is 9.53 Å². The zero-order chi connectivity index (χ0) is 12.3. The molecule has 0 unspecified atom stereocenters. The average Bonchev–Trinajstić information content (AvgIpc) is 2.35. The van der Waals surface area contributed by atoms with Gasteiger partial charge in [-0.1, -0.05) is 24.6 Å². The first-order valence-electron chi connectivity index (χ1n) is 5.82. The van der Waals surface area contributed by atoms with Gasteiger partial charge in [0.15, 0.2) is 0 Å². The molecule has 1 rings (SSSR count). The summed E-state index contributed by atoms with van der Waals surface area (Å²) in [5.41, 5.74) is 0. The van der Waals surface area contributed by atoms with Crippen molar-refractivity contribution in [3.05, 3.63) is 30.3 Å². The second kappa shape index (κ2) is 8.93. The first kappa shape index (κ1) is 13.9. The molecule has 0 saturated heterocycles. The number of hydrogen-bond donors (Lipinski definition) is 1. The van der Waals surface area contributed by atoms with Gasteiger partial charge < -0.3 is 10.1 Å². The molecule has 4 heteroatoms. The highest BCUT2D eigenvalue weighted by molar-refractivity contribution is 7.98. The summed E-state index contributed by atoms with van der Waals surface area (Å²) in [7, 11) is 0. The Bertz CT molecular complexity index is 316. The number of rotatable bonds is 7. The summed E-state index contributed by atoms with van der Waals surface area (Å²) in [6.07, 6.45) is 5.09. The summed E-state index contributed by atoms with van der Waals surface area (Å²) in [5, 5.41) is 2.74. The molecule has 0 saturated carbocycles. The molecule has 0 spiro atoms. The normalized spacial score (nSPS) is 9.94. The highest BCUT2D eigenvalue weighted by Gasteiger charge is 2.01. The summed E-state index contributed by atoms with van der Waals surface area (Å²) in [4.78, 5) is 11.4. The molecule has 0 aliphatic rings. The van der Waals surface area contributed by atoms with E-state index in [0.29, 0.717) is 12.3 Å². The fourth-order valence-corrected chi connectivity index (χ4v) is 1.86. The van der Waals surface area contributed by atoms with Crippen molar-refractivity contribution in [1.82, 2.24) is 5.32 Å². The van der Waals surface area contributed by atoms with Crippen molar-refractivity contribution in [2.24, 2.45) is 0 Å². The van der Waals surface area contributed by atoms with Crippen LogP contribution in [0.5, 0.6) is 5.75 Å². The Morgan fingerprint density at radius 3 is 2.71 bits per heavy atom. The van der Waals surface area contributed by atoms with Gasteiger partial charge in [-0.25, -0.2) is 4.79 Å². The minimum atomic E-state index is -0.374. The Kier molecular flexibility index (Phi) is 7.30. The minimum absolute atomic E-state index is 0.374. The smallest absolute Gasteiger partial charge is 0.410 e. The molecule has 0 fully saturated rings. The molecule has 0 aliphatic carbocycles. The average molecular weight is 253 g/mol. The minimum Gasteiger partial charge on any atom is -0.410 e. The van der Waals surface area contributed by atoms with Gasteiger partial charge in [0.2, 0.25) is 0 Å². The van der Waals surface area contributed by atoms with Crippen molar-refractivity contribution in [2.45, 2.75) is 19.3 Å². The first-order valence-corrected chi connectivity index (χ1v) is 7.22. The SMILES string of the molecule is CSCCCCCNC(=O)Oc1ccccc1. The van der Waals surface area contributed by atoms with Crippen LogP contribution < -0.4 is 10.1 Å². The third-order valence-corrected chi connectivity index (χ3v) is 2.95. The van der Waals surface area contributed by atoms with Crippen molar-refractivity contribution in [1.29, 1.82) is 0 Å². The molecular weight excluding hydrogens is 234 g/mol. The van der Waals surface area contributed by atoms with E-state index in [1.807, 2.05) is 30.0 Å². The summed E-state index contributed by atoms with van der Waals surface area (Å²) in [6, 6.07) is 9.09. The standard InChI is InChI=1S/C13H19NO2S/c1-17-11-7-3-6-10-14-13(15)16-12-8-4-2-5-9-12/h2,4-5,8-9H,3,6-7,10-11H2,1H3,(H,14,15). The van der Waals surface area contributed by atoms with E-state index >= 15 is 0 Å². The predicted octanol–water partition coefficient (Wildman–Crippen LogP) is 3.31. The second-order valence-corrected chi connectivity index (χ2v) is 4.67. The fraction of sp³-hybridized carbons (Fsp3) is 0.462. The Morgan fingerprint density at radius 2 is 2.00 bits per heavy atom. The van der Waals surface area contributed by atoms with Gasteiger partial charge in [-0.2, -0.15) is 11.8 Å². The van der Waals surface area contributed by atoms with E-state index < -0.39 is 0 Å². The van der Waals surface area contributed by atoms with Crippen molar-refractivity contribution in [2.75, 3.05) is 18.6 Å². The van der Waals surface area contributed by atoms with E-state index in [9.17, 15) is 4.79 Å². The third-order valence-electron chi connectivity index (χ3n) is 2.25. The van der Waals surface area contributed by atoms with Gasteiger partial charge in [0.05, 0.1) is 0 Å². The lowest BCUT2D eigenvalue weighted by molar-refractivity contribution is 0.200. The number of ether oxygens (including phenoxy) is 1. The van der Waals surface area contributed by atoms with E-state index in [-0.39, 0.29) is 6.09 Å². The van der Waals surface area contributed by atoms with Crippen LogP contribution in [0, 0.1) is 0 Å². The number of nitrogens with one attached hydrogen (secondary N) is 1. The Hall–Kier alpha value is -1.16.